The van der Waals surface area contributed by atoms with Gasteiger partial charge in [-0.3, -0.25) is 14.6 Å². The molecule has 0 saturated heterocycles. The molecule has 0 bridgehead atoms. The van der Waals surface area contributed by atoms with Crippen LogP contribution in [0.4, 0.5) is 0 Å². The van der Waals surface area contributed by atoms with E-state index in [1.807, 2.05) is 6.07 Å². The number of nitrogens with zero attached hydrogens (tertiary/aromatic N) is 1. The van der Waals surface area contributed by atoms with Crippen LogP contribution in [0.3, 0.4) is 0 Å². The molecule has 92 valence electrons. The van der Waals surface area contributed by atoms with Crippen LogP contribution in [0.5, 0.6) is 5.75 Å². The highest BCUT2D eigenvalue weighted by atomic mass is 16.6. The van der Waals surface area contributed by atoms with Gasteiger partial charge in [0.15, 0.2) is 6.61 Å². The summed E-state index contributed by atoms with van der Waals surface area (Å²) in [5.41, 5.74) is 4.46. The minimum absolute atomic E-state index is 0.0374. The highest BCUT2D eigenvalue weighted by Crippen LogP contribution is 2.27. The molecule has 0 aromatic carbocycles. The lowest BCUT2D eigenvalue weighted by Crippen LogP contribution is -2.28. The summed E-state index contributed by atoms with van der Waals surface area (Å²) in [6, 6.07) is 1.81. The second-order valence-electron chi connectivity index (χ2n) is 3.96. The average Bonchev–Trinajstić information content (AvgIpc) is 2.36. The third kappa shape index (κ3) is 2.94. The van der Waals surface area contributed by atoms with Crippen molar-refractivity contribution in [3.63, 3.8) is 0 Å². The number of hydroxylamine groups is 1. The quantitative estimate of drug-likeness (QED) is 0.793. The molecule has 1 N–H and O–H groups in total. The maximum Gasteiger partial charge on any atom is 0.281 e. The lowest BCUT2D eigenvalue weighted by Gasteiger charge is -2.18. The van der Waals surface area contributed by atoms with Crippen LogP contribution in [0.15, 0.2) is 12.3 Å². The van der Waals surface area contributed by atoms with E-state index in [-0.39, 0.29) is 12.5 Å². The van der Waals surface area contributed by atoms with Crippen LogP contribution in [-0.2, 0) is 22.5 Å². The molecule has 0 spiro atoms. The number of rotatable bonds is 4. The Hall–Kier alpha value is -1.62. The van der Waals surface area contributed by atoms with Gasteiger partial charge in [-0.25, -0.2) is 5.48 Å². The van der Waals surface area contributed by atoms with Crippen LogP contribution in [0.2, 0.25) is 0 Å². The third-order valence-corrected chi connectivity index (χ3v) is 2.77. The van der Waals surface area contributed by atoms with Gasteiger partial charge in [0, 0.05) is 17.5 Å². The molecule has 0 atom stereocenters. The number of pyridine rings is 1. The topological polar surface area (TPSA) is 60.5 Å². The number of aromatic nitrogens is 1. The van der Waals surface area contributed by atoms with Crippen LogP contribution in [0.25, 0.3) is 0 Å². The van der Waals surface area contributed by atoms with Crippen molar-refractivity contribution in [2.75, 3.05) is 13.7 Å². The smallest absolute Gasteiger partial charge is 0.281 e. The van der Waals surface area contributed by atoms with Crippen molar-refractivity contribution >= 4 is 5.91 Å². The first-order chi connectivity index (χ1) is 8.31. The van der Waals surface area contributed by atoms with Crippen molar-refractivity contribution in [2.24, 2.45) is 0 Å². The summed E-state index contributed by atoms with van der Waals surface area (Å²) in [5.74, 6) is 0.467. The molecule has 0 saturated carbocycles. The van der Waals surface area contributed by atoms with E-state index in [2.05, 4.69) is 15.3 Å². The highest BCUT2D eigenvalue weighted by Gasteiger charge is 2.15. The summed E-state index contributed by atoms with van der Waals surface area (Å²) in [6.45, 7) is -0.0374. The van der Waals surface area contributed by atoms with Crippen LogP contribution < -0.4 is 10.2 Å². The number of hydrogen-bond acceptors (Lipinski definition) is 4. The van der Waals surface area contributed by atoms with Crippen molar-refractivity contribution in [2.45, 2.75) is 25.7 Å². The molecule has 1 amide bonds. The van der Waals surface area contributed by atoms with Crippen molar-refractivity contribution in [1.82, 2.24) is 10.5 Å². The molecule has 1 heterocycles. The summed E-state index contributed by atoms with van der Waals surface area (Å²) < 4.78 is 5.49. The zero-order valence-corrected chi connectivity index (χ0v) is 9.86. The molecular formula is C12H16N2O3. The standard InChI is InChI=1S/C12H16N2O3/c1-16-14-12(15)8-17-11-6-7-13-10-5-3-2-4-9(10)11/h6-7H,2-5,8H2,1H3,(H,14,15). The van der Waals surface area contributed by atoms with E-state index in [4.69, 9.17) is 4.74 Å². The largest absolute Gasteiger partial charge is 0.483 e. The van der Waals surface area contributed by atoms with Crippen LogP contribution >= 0.6 is 0 Å². The summed E-state index contributed by atoms with van der Waals surface area (Å²) >= 11 is 0. The first-order valence-corrected chi connectivity index (χ1v) is 5.72. The van der Waals surface area contributed by atoms with E-state index in [9.17, 15) is 4.79 Å². The van der Waals surface area contributed by atoms with E-state index in [1.165, 1.54) is 13.5 Å². The van der Waals surface area contributed by atoms with Crippen molar-refractivity contribution < 1.29 is 14.4 Å². The Labute approximate surface area is 100 Å². The number of fused-ring (bicyclic) bond motifs is 1. The molecule has 5 heteroatoms. The van der Waals surface area contributed by atoms with Gasteiger partial charge < -0.3 is 4.74 Å². The molecule has 17 heavy (non-hydrogen) atoms. The highest BCUT2D eigenvalue weighted by molar-refractivity contribution is 5.76. The minimum Gasteiger partial charge on any atom is -0.483 e. The number of ether oxygens (including phenoxy) is 1. The number of carbonyl (C=O) groups excluding carboxylic acids is 1. The third-order valence-electron chi connectivity index (χ3n) is 2.77. The molecule has 0 aliphatic heterocycles. The van der Waals surface area contributed by atoms with Crippen molar-refractivity contribution in [3.05, 3.63) is 23.5 Å². The van der Waals surface area contributed by atoms with Gasteiger partial charge in [0.2, 0.25) is 0 Å². The van der Waals surface area contributed by atoms with E-state index in [0.717, 1.165) is 36.3 Å². The molecule has 1 aliphatic carbocycles. The molecule has 1 aromatic rings. The Bertz CT molecular complexity index is 407. The second-order valence-corrected chi connectivity index (χ2v) is 3.96. The Balaban J connectivity index is 2.03. The maximum absolute atomic E-state index is 11.2. The van der Waals surface area contributed by atoms with E-state index >= 15 is 0 Å². The maximum atomic E-state index is 11.2. The lowest BCUT2D eigenvalue weighted by atomic mass is 9.95. The fourth-order valence-electron chi connectivity index (χ4n) is 2.01. The predicted molar refractivity (Wildman–Crippen MR) is 61.5 cm³/mol. The number of carbonyl (C=O) groups is 1. The number of aryl methyl sites for hydroxylation is 1. The van der Waals surface area contributed by atoms with E-state index < -0.39 is 0 Å². The van der Waals surface area contributed by atoms with Crippen LogP contribution in [-0.4, -0.2) is 24.6 Å². The Morgan fingerprint density at radius 1 is 1.47 bits per heavy atom. The Morgan fingerprint density at radius 3 is 3.12 bits per heavy atom. The molecule has 0 fully saturated rings. The molecular weight excluding hydrogens is 220 g/mol. The monoisotopic (exact) mass is 236 g/mol. The molecule has 1 aliphatic rings. The molecule has 5 nitrogen and oxygen atoms in total. The van der Waals surface area contributed by atoms with Gasteiger partial charge in [0.05, 0.1) is 7.11 Å². The number of hydrogen-bond donors (Lipinski definition) is 1. The average molecular weight is 236 g/mol. The summed E-state index contributed by atoms with van der Waals surface area (Å²) in [4.78, 5) is 20.1. The zero-order chi connectivity index (χ0) is 12.1. The second kappa shape index (κ2) is 5.63. The Kier molecular flexibility index (Phi) is 3.93. The molecule has 0 unspecified atom stereocenters. The fourth-order valence-corrected chi connectivity index (χ4v) is 2.01. The van der Waals surface area contributed by atoms with Gasteiger partial charge >= 0.3 is 0 Å². The van der Waals surface area contributed by atoms with E-state index in [0.29, 0.717) is 0 Å². The molecule has 2 rings (SSSR count). The first-order valence-electron chi connectivity index (χ1n) is 5.72. The number of amides is 1. The lowest BCUT2D eigenvalue weighted by molar-refractivity contribution is -0.133. The molecule has 0 radical (unpaired) electrons. The first kappa shape index (κ1) is 11.9. The summed E-state index contributed by atoms with van der Waals surface area (Å²) in [5, 5.41) is 0. The Morgan fingerprint density at radius 2 is 2.29 bits per heavy atom. The summed E-state index contributed by atoms with van der Waals surface area (Å²) in [7, 11) is 1.40. The van der Waals surface area contributed by atoms with Crippen LogP contribution in [0, 0.1) is 0 Å². The van der Waals surface area contributed by atoms with Crippen molar-refractivity contribution in [3.8, 4) is 5.75 Å². The SMILES string of the molecule is CONC(=O)COc1ccnc2c1CCCC2. The van der Waals surface area contributed by atoms with Gasteiger partial charge in [-0.2, -0.15) is 0 Å². The van der Waals surface area contributed by atoms with Gasteiger partial charge in [-0.05, 0) is 31.7 Å². The van der Waals surface area contributed by atoms with Gasteiger partial charge in [0.1, 0.15) is 5.75 Å². The van der Waals surface area contributed by atoms with Gasteiger partial charge in [0.25, 0.3) is 5.91 Å². The zero-order valence-electron chi connectivity index (χ0n) is 9.86. The minimum atomic E-state index is -0.297. The summed E-state index contributed by atoms with van der Waals surface area (Å²) in [6.07, 6.45) is 6.03. The normalized spacial score (nSPS) is 13.9. The van der Waals surface area contributed by atoms with Gasteiger partial charge in [-0.1, -0.05) is 0 Å². The van der Waals surface area contributed by atoms with Crippen molar-refractivity contribution in [1.29, 1.82) is 0 Å². The predicted octanol–water partition coefficient (Wildman–Crippen LogP) is 1.02. The molecule has 1 aromatic heterocycles. The van der Waals surface area contributed by atoms with Gasteiger partial charge in [-0.15, -0.1) is 0 Å². The fraction of sp³-hybridized carbons (Fsp3) is 0.500. The number of nitrogens with one attached hydrogen (secondary N) is 1. The van der Waals surface area contributed by atoms with E-state index in [1.54, 1.807) is 6.20 Å². The van der Waals surface area contributed by atoms with Crippen LogP contribution in [0.1, 0.15) is 24.1 Å².